The first-order valence-electron chi connectivity index (χ1n) is 5.39. The number of fused-ring (bicyclic) bond motifs is 1. The summed E-state index contributed by atoms with van der Waals surface area (Å²) in [6, 6.07) is 4.44. The normalized spacial score (nSPS) is 30.1. The van der Waals surface area contributed by atoms with Gasteiger partial charge in [0.1, 0.15) is 0 Å². The van der Waals surface area contributed by atoms with Gasteiger partial charge in [-0.3, -0.25) is 14.9 Å². The molecule has 1 saturated heterocycles. The second-order valence-corrected chi connectivity index (χ2v) is 4.62. The molecule has 2 atom stereocenters. The van der Waals surface area contributed by atoms with Crippen LogP contribution in [0.2, 0.25) is 0 Å². The van der Waals surface area contributed by atoms with Gasteiger partial charge in [-0.25, -0.2) is 0 Å². The molecule has 1 heterocycles. The van der Waals surface area contributed by atoms with Crippen molar-refractivity contribution in [3.05, 3.63) is 35.4 Å². The molecule has 3 nitrogen and oxygen atoms in total. The molecule has 1 aliphatic heterocycles. The minimum Gasteiger partial charge on any atom is -0.295 e. The van der Waals surface area contributed by atoms with Crippen LogP contribution in [0.3, 0.4) is 0 Å². The Morgan fingerprint density at radius 3 is 2.17 bits per heavy atom. The third kappa shape index (κ3) is 1.31. The first kappa shape index (κ1) is 11.3. The Morgan fingerprint density at radius 2 is 1.78 bits per heavy atom. The van der Waals surface area contributed by atoms with Crippen molar-refractivity contribution in [1.29, 1.82) is 0 Å². The molecule has 1 aliphatic carbocycles. The summed E-state index contributed by atoms with van der Waals surface area (Å²) in [5.74, 6) is -1.15. The van der Waals surface area contributed by atoms with Crippen LogP contribution in [0.4, 0.5) is 13.2 Å². The van der Waals surface area contributed by atoms with Crippen molar-refractivity contribution in [2.75, 3.05) is 0 Å². The van der Waals surface area contributed by atoms with E-state index in [1.807, 2.05) is 0 Å². The minimum absolute atomic E-state index is 0.333. The van der Waals surface area contributed by atoms with E-state index < -0.39 is 29.0 Å². The Kier molecular flexibility index (Phi) is 1.95. The maximum Gasteiger partial charge on any atom is 0.416 e. The van der Waals surface area contributed by atoms with E-state index in [1.54, 1.807) is 0 Å². The predicted octanol–water partition coefficient (Wildman–Crippen LogP) is 1.62. The van der Waals surface area contributed by atoms with E-state index in [-0.39, 0.29) is 5.91 Å². The van der Waals surface area contributed by atoms with Crippen LogP contribution in [0.5, 0.6) is 0 Å². The minimum atomic E-state index is -4.40. The molecule has 0 aromatic heterocycles. The maximum absolute atomic E-state index is 12.4. The van der Waals surface area contributed by atoms with Crippen LogP contribution in [0.15, 0.2) is 24.3 Å². The zero-order chi connectivity index (χ0) is 13.1. The topological polar surface area (TPSA) is 46.2 Å². The van der Waals surface area contributed by atoms with E-state index >= 15 is 0 Å². The number of imide groups is 1. The smallest absolute Gasteiger partial charge is 0.295 e. The number of halogens is 3. The number of benzene rings is 1. The van der Waals surface area contributed by atoms with E-state index in [0.29, 0.717) is 12.0 Å². The number of nitrogens with one attached hydrogen (secondary N) is 1. The van der Waals surface area contributed by atoms with E-state index in [0.717, 1.165) is 12.1 Å². The predicted molar refractivity (Wildman–Crippen MR) is 54.4 cm³/mol. The third-order valence-corrected chi connectivity index (χ3v) is 3.65. The summed E-state index contributed by atoms with van der Waals surface area (Å²) in [6.45, 7) is 0. The fraction of sp³-hybridized carbons (Fsp3) is 0.333. The van der Waals surface area contributed by atoms with Gasteiger partial charge >= 0.3 is 6.18 Å². The average molecular weight is 255 g/mol. The Balaban J connectivity index is 1.96. The fourth-order valence-electron chi connectivity index (χ4n) is 2.55. The van der Waals surface area contributed by atoms with Crippen LogP contribution in [0.1, 0.15) is 17.5 Å². The molecule has 3 rings (SSSR count). The van der Waals surface area contributed by atoms with Crippen molar-refractivity contribution in [2.45, 2.75) is 18.0 Å². The van der Waals surface area contributed by atoms with Gasteiger partial charge in [0, 0.05) is 0 Å². The molecule has 2 fully saturated rings. The highest BCUT2D eigenvalue weighted by atomic mass is 19.4. The van der Waals surface area contributed by atoms with Gasteiger partial charge in [0.2, 0.25) is 11.8 Å². The number of rotatable bonds is 1. The summed E-state index contributed by atoms with van der Waals surface area (Å²) in [7, 11) is 0. The lowest BCUT2D eigenvalue weighted by Crippen LogP contribution is -2.30. The van der Waals surface area contributed by atoms with Gasteiger partial charge in [-0.15, -0.1) is 0 Å². The fourth-order valence-corrected chi connectivity index (χ4v) is 2.55. The molecule has 1 aromatic rings. The molecular weight excluding hydrogens is 247 g/mol. The standard InChI is InChI=1S/C12H8F3NO2/c13-12(14,15)7-3-1-6(2-4-7)11-5-8(11)9(17)16-10(11)18/h1-4,8H,5H2,(H,16,17,18)/t8-,11?/m1/s1. The van der Waals surface area contributed by atoms with Crippen molar-refractivity contribution in [1.82, 2.24) is 5.32 Å². The summed E-state index contributed by atoms with van der Waals surface area (Å²) in [4.78, 5) is 23.0. The van der Waals surface area contributed by atoms with Crippen LogP contribution in [-0.2, 0) is 21.2 Å². The van der Waals surface area contributed by atoms with Crippen LogP contribution in [0, 0.1) is 5.92 Å². The van der Waals surface area contributed by atoms with Crippen LogP contribution >= 0.6 is 0 Å². The molecule has 18 heavy (non-hydrogen) atoms. The quantitative estimate of drug-likeness (QED) is 0.775. The number of carbonyl (C=O) groups excluding carboxylic acids is 2. The first-order valence-corrected chi connectivity index (χ1v) is 5.39. The zero-order valence-electron chi connectivity index (χ0n) is 9.04. The lowest BCUT2D eigenvalue weighted by Gasteiger charge is -2.12. The molecule has 94 valence electrons. The number of alkyl halides is 3. The molecule has 6 heteroatoms. The lowest BCUT2D eigenvalue weighted by atomic mass is 9.93. The lowest BCUT2D eigenvalue weighted by molar-refractivity contribution is -0.137. The maximum atomic E-state index is 12.4. The van der Waals surface area contributed by atoms with Crippen molar-refractivity contribution in [2.24, 2.45) is 5.92 Å². The first-order chi connectivity index (χ1) is 8.35. The number of piperidine rings is 1. The molecule has 2 aliphatic rings. The Bertz CT molecular complexity index is 549. The van der Waals surface area contributed by atoms with Gasteiger partial charge in [0.05, 0.1) is 16.9 Å². The van der Waals surface area contributed by atoms with E-state index in [1.165, 1.54) is 12.1 Å². The van der Waals surface area contributed by atoms with Gasteiger partial charge in [-0.1, -0.05) is 12.1 Å². The summed E-state index contributed by atoms with van der Waals surface area (Å²) in [5, 5.41) is 2.20. The Labute approximate surface area is 100.0 Å². The van der Waals surface area contributed by atoms with Gasteiger partial charge in [0.15, 0.2) is 0 Å². The number of amides is 2. The monoisotopic (exact) mass is 255 g/mol. The highest BCUT2D eigenvalue weighted by Gasteiger charge is 2.69. The molecule has 1 unspecified atom stereocenters. The Hall–Kier alpha value is -1.85. The summed E-state index contributed by atoms with van der Waals surface area (Å²) < 4.78 is 37.2. The number of hydrogen-bond donors (Lipinski definition) is 1. The van der Waals surface area contributed by atoms with Gasteiger partial charge in [0.25, 0.3) is 0 Å². The van der Waals surface area contributed by atoms with Crippen LogP contribution in [-0.4, -0.2) is 11.8 Å². The third-order valence-electron chi connectivity index (χ3n) is 3.65. The number of carbonyl (C=O) groups is 2. The molecule has 1 aromatic carbocycles. The van der Waals surface area contributed by atoms with Crippen LogP contribution in [0.25, 0.3) is 0 Å². The second kappa shape index (κ2) is 3.13. The zero-order valence-corrected chi connectivity index (χ0v) is 9.04. The molecule has 1 saturated carbocycles. The summed E-state index contributed by atoms with van der Waals surface area (Å²) in [6.07, 6.45) is -4.00. The van der Waals surface area contributed by atoms with Crippen molar-refractivity contribution in [3.8, 4) is 0 Å². The molecule has 1 N–H and O–H groups in total. The van der Waals surface area contributed by atoms with Gasteiger partial charge in [-0.2, -0.15) is 13.2 Å². The van der Waals surface area contributed by atoms with Crippen molar-refractivity contribution >= 4 is 11.8 Å². The SMILES string of the molecule is O=C1NC(=O)C2(c3ccc(C(F)(F)F)cc3)C[C@H]12. The highest BCUT2D eigenvalue weighted by molar-refractivity contribution is 6.15. The average Bonchev–Trinajstić information content (AvgIpc) is 2.99. The molecule has 2 amide bonds. The van der Waals surface area contributed by atoms with Gasteiger partial charge in [-0.05, 0) is 24.1 Å². The molecular formula is C12H8F3NO2. The van der Waals surface area contributed by atoms with E-state index in [4.69, 9.17) is 0 Å². The van der Waals surface area contributed by atoms with E-state index in [2.05, 4.69) is 5.32 Å². The molecule has 0 bridgehead atoms. The highest BCUT2D eigenvalue weighted by Crippen LogP contribution is 2.57. The summed E-state index contributed by atoms with van der Waals surface area (Å²) >= 11 is 0. The van der Waals surface area contributed by atoms with Gasteiger partial charge < -0.3 is 0 Å². The van der Waals surface area contributed by atoms with Crippen molar-refractivity contribution < 1.29 is 22.8 Å². The number of hydrogen-bond acceptors (Lipinski definition) is 2. The Morgan fingerprint density at radius 1 is 1.17 bits per heavy atom. The summed E-state index contributed by atoms with van der Waals surface area (Å²) in [5.41, 5.74) is -1.20. The van der Waals surface area contributed by atoms with E-state index in [9.17, 15) is 22.8 Å². The van der Waals surface area contributed by atoms with Crippen molar-refractivity contribution in [3.63, 3.8) is 0 Å². The largest absolute Gasteiger partial charge is 0.416 e. The molecule has 0 spiro atoms. The second-order valence-electron chi connectivity index (χ2n) is 4.62. The molecule has 0 radical (unpaired) electrons. The van der Waals surface area contributed by atoms with Crippen LogP contribution < -0.4 is 5.32 Å².